The Bertz CT molecular complexity index is 247. The van der Waals surface area contributed by atoms with E-state index >= 15 is 0 Å². The molecule has 1 heterocycles. The number of hydrogen-bond acceptors (Lipinski definition) is 2. The predicted octanol–water partition coefficient (Wildman–Crippen LogP) is 5.22. The standard InChI is InChI=1S/C16H33BO2/c1-7-9-11-13-14(12-10-8-2)17-18-15(3,4)16(5,6)19-17/h14H,7-13H2,1-6H3. The van der Waals surface area contributed by atoms with Crippen molar-refractivity contribution in [3.05, 3.63) is 0 Å². The third-order valence-electron chi connectivity index (χ3n) is 4.76. The van der Waals surface area contributed by atoms with Crippen LogP contribution in [-0.4, -0.2) is 18.3 Å². The van der Waals surface area contributed by atoms with Gasteiger partial charge in [0.1, 0.15) is 0 Å². The molecule has 0 aromatic carbocycles. The van der Waals surface area contributed by atoms with Crippen LogP contribution in [0.2, 0.25) is 5.82 Å². The summed E-state index contributed by atoms with van der Waals surface area (Å²) in [6.07, 6.45) is 8.91. The van der Waals surface area contributed by atoms with Crippen molar-refractivity contribution in [3.8, 4) is 0 Å². The van der Waals surface area contributed by atoms with E-state index in [0.29, 0.717) is 5.82 Å². The second kappa shape index (κ2) is 7.13. The summed E-state index contributed by atoms with van der Waals surface area (Å²) in [7, 11) is -0.00611. The van der Waals surface area contributed by atoms with Crippen molar-refractivity contribution in [3.63, 3.8) is 0 Å². The van der Waals surface area contributed by atoms with Crippen LogP contribution in [0.15, 0.2) is 0 Å². The minimum absolute atomic E-state index is 0.00611. The zero-order valence-corrected chi connectivity index (χ0v) is 13.9. The molecule has 0 saturated carbocycles. The molecule has 1 fully saturated rings. The average Bonchev–Trinajstić information content (AvgIpc) is 2.53. The van der Waals surface area contributed by atoms with Gasteiger partial charge >= 0.3 is 7.12 Å². The largest absolute Gasteiger partial charge is 0.461 e. The maximum absolute atomic E-state index is 6.23. The van der Waals surface area contributed by atoms with Crippen LogP contribution in [0, 0.1) is 0 Å². The molecule has 0 radical (unpaired) electrons. The maximum atomic E-state index is 6.23. The highest BCUT2D eigenvalue weighted by Gasteiger charge is 2.53. The molecule has 2 nitrogen and oxygen atoms in total. The van der Waals surface area contributed by atoms with Crippen molar-refractivity contribution >= 4 is 7.12 Å². The summed E-state index contributed by atoms with van der Waals surface area (Å²) < 4.78 is 12.5. The fourth-order valence-electron chi connectivity index (χ4n) is 2.62. The Morgan fingerprint density at radius 1 is 0.789 bits per heavy atom. The highest BCUT2D eigenvalue weighted by atomic mass is 16.7. The summed E-state index contributed by atoms with van der Waals surface area (Å²) in [5.74, 6) is 0.563. The monoisotopic (exact) mass is 268 g/mol. The van der Waals surface area contributed by atoms with Crippen LogP contribution in [0.4, 0.5) is 0 Å². The topological polar surface area (TPSA) is 18.5 Å². The van der Waals surface area contributed by atoms with E-state index in [1.54, 1.807) is 0 Å². The van der Waals surface area contributed by atoms with Gasteiger partial charge in [-0.05, 0) is 33.5 Å². The lowest BCUT2D eigenvalue weighted by atomic mass is 9.66. The van der Waals surface area contributed by atoms with Gasteiger partial charge in [-0.25, -0.2) is 0 Å². The van der Waals surface area contributed by atoms with Gasteiger partial charge in [0.05, 0.1) is 11.2 Å². The van der Waals surface area contributed by atoms with E-state index in [1.165, 1.54) is 44.9 Å². The van der Waals surface area contributed by atoms with Crippen LogP contribution in [0.1, 0.15) is 86.5 Å². The predicted molar refractivity (Wildman–Crippen MR) is 83.5 cm³/mol. The fraction of sp³-hybridized carbons (Fsp3) is 1.00. The summed E-state index contributed by atoms with van der Waals surface area (Å²) >= 11 is 0. The van der Waals surface area contributed by atoms with Gasteiger partial charge in [-0.2, -0.15) is 0 Å². The zero-order chi connectivity index (χ0) is 14.5. The highest BCUT2D eigenvalue weighted by molar-refractivity contribution is 6.47. The van der Waals surface area contributed by atoms with Gasteiger partial charge in [0.25, 0.3) is 0 Å². The molecule has 0 spiro atoms. The third-order valence-corrected chi connectivity index (χ3v) is 4.76. The van der Waals surface area contributed by atoms with Crippen LogP contribution < -0.4 is 0 Å². The molecule has 0 aromatic heterocycles. The molecule has 112 valence electrons. The van der Waals surface area contributed by atoms with Crippen molar-refractivity contribution in [2.75, 3.05) is 0 Å². The molecule has 3 heteroatoms. The lowest BCUT2D eigenvalue weighted by Gasteiger charge is -2.32. The molecule has 1 aliphatic heterocycles. The molecule has 0 amide bonds. The number of rotatable bonds is 8. The molecular weight excluding hydrogens is 235 g/mol. The molecule has 0 aromatic rings. The first-order chi connectivity index (χ1) is 8.84. The normalized spacial score (nSPS) is 22.7. The van der Waals surface area contributed by atoms with Crippen LogP contribution in [-0.2, 0) is 9.31 Å². The Balaban J connectivity index is 2.60. The second-order valence-corrected chi connectivity index (χ2v) is 7.02. The van der Waals surface area contributed by atoms with Gasteiger partial charge in [-0.15, -0.1) is 0 Å². The Hall–Kier alpha value is -0.0151. The van der Waals surface area contributed by atoms with E-state index in [9.17, 15) is 0 Å². The van der Waals surface area contributed by atoms with E-state index in [4.69, 9.17) is 9.31 Å². The Labute approximate surface area is 120 Å². The first-order valence-electron chi connectivity index (χ1n) is 8.19. The van der Waals surface area contributed by atoms with Crippen molar-refractivity contribution in [2.45, 2.75) is 104 Å². The van der Waals surface area contributed by atoms with Crippen LogP contribution in [0.5, 0.6) is 0 Å². The average molecular weight is 268 g/mol. The first-order valence-corrected chi connectivity index (χ1v) is 8.19. The van der Waals surface area contributed by atoms with Gasteiger partial charge in [0.2, 0.25) is 0 Å². The van der Waals surface area contributed by atoms with Crippen molar-refractivity contribution in [2.24, 2.45) is 0 Å². The second-order valence-electron chi connectivity index (χ2n) is 7.02. The summed E-state index contributed by atoms with van der Waals surface area (Å²) in [5.41, 5.74) is -0.375. The van der Waals surface area contributed by atoms with E-state index in [0.717, 1.165) is 0 Å². The Kier molecular flexibility index (Phi) is 6.39. The molecule has 0 bridgehead atoms. The molecule has 1 saturated heterocycles. The Morgan fingerprint density at radius 2 is 1.26 bits per heavy atom. The van der Waals surface area contributed by atoms with Gasteiger partial charge < -0.3 is 9.31 Å². The number of unbranched alkanes of at least 4 members (excludes halogenated alkanes) is 3. The van der Waals surface area contributed by atoms with Gasteiger partial charge in [0, 0.05) is 0 Å². The summed E-state index contributed by atoms with van der Waals surface area (Å²) in [5, 5.41) is 0. The van der Waals surface area contributed by atoms with Crippen LogP contribution in [0.25, 0.3) is 0 Å². The molecule has 1 aliphatic rings. The summed E-state index contributed by atoms with van der Waals surface area (Å²) in [4.78, 5) is 0. The van der Waals surface area contributed by atoms with Crippen LogP contribution in [0.3, 0.4) is 0 Å². The molecule has 1 rings (SSSR count). The van der Waals surface area contributed by atoms with Crippen molar-refractivity contribution < 1.29 is 9.31 Å². The lowest BCUT2D eigenvalue weighted by molar-refractivity contribution is 0.00578. The minimum atomic E-state index is -0.188. The SMILES string of the molecule is CCCCCC(CCCC)B1OC(C)(C)C(C)(C)O1. The van der Waals surface area contributed by atoms with Gasteiger partial charge in [0.15, 0.2) is 0 Å². The maximum Gasteiger partial charge on any atom is 0.461 e. The lowest BCUT2D eigenvalue weighted by Crippen LogP contribution is -2.41. The third kappa shape index (κ3) is 4.49. The van der Waals surface area contributed by atoms with Crippen molar-refractivity contribution in [1.82, 2.24) is 0 Å². The molecule has 1 atom stereocenters. The molecule has 1 unspecified atom stereocenters. The fourth-order valence-corrected chi connectivity index (χ4v) is 2.62. The molecular formula is C16H33BO2. The van der Waals surface area contributed by atoms with E-state index in [2.05, 4.69) is 41.5 Å². The molecule has 0 N–H and O–H groups in total. The molecule has 19 heavy (non-hydrogen) atoms. The summed E-state index contributed by atoms with van der Waals surface area (Å²) in [6.45, 7) is 13.1. The van der Waals surface area contributed by atoms with Crippen LogP contribution >= 0.6 is 0 Å². The smallest absolute Gasteiger partial charge is 0.403 e. The minimum Gasteiger partial charge on any atom is -0.403 e. The van der Waals surface area contributed by atoms with Crippen molar-refractivity contribution in [1.29, 1.82) is 0 Å². The van der Waals surface area contributed by atoms with E-state index < -0.39 is 0 Å². The quantitative estimate of drug-likeness (QED) is 0.444. The first kappa shape index (κ1) is 17.0. The number of hydrogen-bond donors (Lipinski definition) is 0. The van der Waals surface area contributed by atoms with Gasteiger partial charge in [-0.3, -0.25) is 0 Å². The Morgan fingerprint density at radius 3 is 1.74 bits per heavy atom. The highest BCUT2D eigenvalue weighted by Crippen LogP contribution is 2.42. The van der Waals surface area contributed by atoms with E-state index in [-0.39, 0.29) is 18.3 Å². The zero-order valence-electron chi connectivity index (χ0n) is 13.9. The molecule has 0 aliphatic carbocycles. The van der Waals surface area contributed by atoms with E-state index in [1.807, 2.05) is 0 Å². The van der Waals surface area contributed by atoms with Gasteiger partial charge in [-0.1, -0.05) is 58.8 Å². The summed E-state index contributed by atoms with van der Waals surface area (Å²) in [6, 6.07) is 0.